The molecule has 5 heteroatoms. The third-order valence-electron chi connectivity index (χ3n) is 5.91. The fourth-order valence-corrected chi connectivity index (χ4v) is 4.07. The highest BCUT2D eigenvalue weighted by molar-refractivity contribution is 5.72. The van der Waals surface area contributed by atoms with Crippen molar-refractivity contribution in [2.45, 2.75) is 37.9 Å². The van der Waals surface area contributed by atoms with E-state index in [0.717, 1.165) is 35.3 Å². The highest BCUT2D eigenvalue weighted by Gasteiger charge is 2.37. The topological polar surface area (TPSA) is 65.0 Å². The lowest BCUT2D eigenvalue weighted by Gasteiger charge is -2.35. The molecule has 0 radical (unpaired) electrons. The molecule has 0 aliphatic carbocycles. The van der Waals surface area contributed by atoms with Crippen molar-refractivity contribution in [2.75, 3.05) is 20.3 Å². The average Bonchev–Trinajstić information content (AvgIpc) is 2.91. The number of hydrogen-bond acceptors (Lipinski definition) is 4. The van der Waals surface area contributed by atoms with Gasteiger partial charge in [-0.2, -0.15) is 0 Å². The molecule has 0 fully saturated rings. The van der Waals surface area contributed by atoms with Gasteiger partial charge in [0.05, 0.1) is 20.3 Å². The van der Waals surface area contributed by atoms with Crippen molar-refractivity contribution >= 4 is 5.97 Å². The Balaban J connectivity index is 1.86. The van der Waals surface area contributed by atoms with Crippen LogP contribution in [0.25, 0.3) is 0 Å². The Labute approximate surface area is 208 Å². The second kappa shape index (κ2) is 13.5. The molecule has 0 saturated heterocycles. The fraction of sp³-hybridized carbons (Fsp3) is 0.300. The second-order valence-electron chi connectivity index (χ2n) is 8.23. The Kier molecular flexibility index (Phi) is 10.1. The van der Waals surface area contributed by atoms with E-state index in [1.54, 1.807) is 7.11 Å². The summed E-state index contributed by atoms with van der Waals surface area (Å²) in [6.07, 6.45) is 5.18. The van der Waals surface area contributed by atoms with Crippen LogP contribution < -0.4 is 4.74 Å². The quantitative estimate of drug-likeness (QED) is 0.222. The summed E-state index contributed by atoms with van der Waals surface area (Å²) < 4.78 is 17.6. The van der Waals surface area contributed by atoms with Gasteiger partial charge in [-0.05, 0) is 35.2 Å². The summed E-state index contributed by atoms with van der Waals surface area (Å²) in [5.74, 6) is -0.147. The van der Waals surface area contributed by atoms with Gasteiger partial charge in [0.1, 0.15) is 11.4 Å². The average molecular weight is 475 g/mol. The lowest BCUT2D eigenvalue weighted by atomic mass is 9.80. The van der Waals surface area contributed by atoms with Crippen LogP contribution in [0.5, 0.6) is 5.75 Å². The van der Waals surface area contributed by atoms with E-state index in [4.69, 9.17) is 14.2 Å². The van der Waals surface area contributed by atoms with Gasteiger partial charge in [-0.3, -0.25) is 0 Å². The van der Waals surface area contributed by atoms with Gasteiger partial charge in [-0.15, -0.1) is 0 Å². The highest BCUT2D eigenvalue weighted by Crippen LogP contribution is 2.41. The van der Waals surface area contributed by atoms with E-state index in [-0.39, 0.29) is 6.61 Å². The summed E-state index contributed by atoms with van der Waals surface area (Å²) in [5, 5.41) is 9.34. The second-order valence-corrected chi connectivity index (χ2v) is 8.23. The molecule has 0 aliphatic heterocycles. The Morgan fingerprint density at radius 2 is 1.40 bits per heavy atom. The summed E-state index contributed by atoms with van der Waals surface area (Å²) in [4.78, 5) is 11.4. The monoisotopic (exact) mass is 474 g/mol. The summed E-state index contributed by atoms with van der Waals surface area (Å²) in [6, 6.07) is 28.2. The zero-order valence-corrected chi connectivity index (χ0v) is 20.4. The largest absolute Gasteiger partial charge is 0.497 e. The first kappa shape index (κ1) is 26.2. The molecule has 1 N–H and O–H groups in total. The molecule has 1 unspecified atom stereocenters. The van der Waals surface area contributed by atoms with Crippen LogP contribution in [-0.4, -0.2) is 37.5 Å². The van der Waals surface area contributed by atoms with E-state index in [1.807, 2.05) is 79.7 Å². The molecular formula is C30H34O5. The van der Waals surface area contributed by atoms with E-state index in [1.165, 1.54) is 0 Å². The van der Waals surface area contributed by atoms with Crippen LogP contribution in [0.1, 0.15) is 42.9 Å². The van der Waals surface area contributed by atoms with E-state index in [2.05, 4.69) is 24.3 Å². The Hall–Kier alpha value is -3.41. The van der Waals surface area contributed by atoms with Gasteiger partial charge in [0.25, 0.3) is 0 Å². The number of carbonyl (C=O) groups is 1. The number of benzene rings is 3. The molecule has 0 saturated carbocycles. The zero-order chi connectivity index (χ0) is 24.9. The maximum absolute atomic E-state index is 11.4. The van der Waals surface area contributed by atoms with Gasteiger partial charge >= 0.3 is 5.97 Å². The van der Waals surface area contributed by atoms with E-state index in [0.29, 0.717) is 13.0 Å². The van der Waals surface area contributed by atoms with Crippen LogP contribution >= 0.6 is 0 Å². The first-order chi connectivity index (χ1) is 17.1. The molecule has 3 rings (SSSR count). The van der Waals surface area contributed by atoms with Crippen LogP contribution in [0.2, 0.25) is 0 Å². The van der Waals surface area contributed by atoms with Crippen molar-refractivity contribution in [1.82, 2.24) is 0 Å². The predicted octanol–water partition coefficient (Wildman–Crippen LogP) is 6.22. The highest BCUT2D eigenvalue weighted by atomic mass is 16.5. The third-order valence-corrected chi connectivity index (χ3v) is 5.91. The van der Waals surface area contributed by atoms with Gasteiger partial charge in [-0.1, -0.05) is 105 Å². The lowest BCUT2D eigenvalue weighted by Crippen LogP contribution is -2.33. The minimum atomic E-state index is -0.922. The van der Waals surface area contributed by atoms with Crippen LogP contribution in [0.4, 0.5) is 0 Å². The molecule has 3 aromatic rings. The molecule has 0 aliphatic rings. The van der Waals surface area contributed by atoms with Gasteiger partial charge in [0.15, 0.2) is 6.10 Å². The van der Waals surface area contributed by atoms with Crippen LogP contribution in [-0.2, 0) is 19.9 Å². The van der Waals surface area contributed by atoms with E-state index in [9.17, 15) is 9.90 Å². The molecule has 0 bridgehead atoms. The molecular weight excluding hydrogens is 440 g/mol. The standard InChI is InChI=1S/C30H34O5/c1-3-4-17-28(29(31)32)34-22-11-12-23-35-30(24-13-7-5-8-14-24,25-15-9-6-10-16-25)26-18-20-27(33-2)21-19-26/h5-16,18-21,28H,3-4,17,22-23H2,1-2H3,(H,31,32)/b12-11+. The van der Waals surface area contributed by atoms with E-state index < -0.39 is 17.7 Å². The number of aliphatic carboxylic acids is 1. The van der Waals surface area contributed by atoms with Gasteiger partial charge in [-0.25, -0.2) is 4.79 Å². The fourth-order valence-electron chi connectivity index (χ4n) is 4.07. The van der Waals surface area contributed by atoms with Gasteiger partial charge in [0, 0.05) is 0 Å². The van der Waals surface area contributed by atoms with Crippen molar-refractivity contribution in [3.63, 3.8) is 0 Å². The minimum Gasteiger partial charge on any atom is -0.497 e. The van der Waals surface area contributed by atoms with Crippen LogP contribution in [0.3, 0.4) is 0 Å². The number of carboxylic acids is 1. The number of rotatable bonds is 14. The summed E-state index contributed by atoms with van der Waals surface area (Å²) in [6.45, 7) is 2.56. The molecule has 0 aromatic heterocycles. The van der Waals surface area contributed by atoms with Crippen molar-refractivity contribution in [3.05, 3.63) is 114 Å². The lowest BCUT2D eigenvalue weighted by molar-refractivity contribution is -0.150. The summed E-state index contributed by atoms with van der Waals surface area (Å²) in [7, 11) is 1.65. The molecule has 0 heterocycles. The SMILES string of the molecule is CCCCC(OC/C=C/COC(c1ccccc1)(c1ccccc1)c1ccc(OC)cc1)C(=O)O. The van der Waals surface area contributed by atoms with Crippen LogP contribution in [0.15, 0.2) is 97.1 Å². The predicted molar refractivity (Wildman–Crippen MR) is 138 cm³/mol. The van der Waals surface area contributed by atoms with Crippen molar-refractivity contribution in [2.24, 2.45) is 0 Å². The molecule has 35 heavy (non-hydrogen) atoms. The molecule has 0 spiro atoms. The normalized spacial score (nSPS) is 12.5. The maximum Gasteiger partial charge on any atom is 0.332 e. The number of methoxy groups -OCH3 is 1. The Morgan fingerprint density at radius 3 is 1.91 bits per heavy atom. The van der Waals surface area contributed by atoms with Crippen molar-refractivity contribution < 1.29 is 24.1 Å². The number of ether oxygens (including phenoxy) is 3. The molecule has 3 aromatic carbocycles. The maximum atomic E-state index is 11.4. The third kappa shape index (κ3) is 6.81. The van der Waals surface area contributed by atoms with Crippen LogP contribution in [0, 0.1) is 0 Å². The molecule has 184 valence electrons. The first-order valence-electron chi connectivity index (χ1n) is 12.0. The van der Waals surface area contributed by atoms with Crippen molar-refractivity contribution in [3.8, 4) is 5.75 Å². The number of carboxylic acid groups (broad SMARTS) is 1. The minimum absolute atomic E-state index is 0.219. The summed E-state index contributed by atoms with van der Waals surface area (Å²) in [5.41, 5.74) is 2.15. The van der Waals surface area contributed by atoms with Gasteiger partial charge in [0.2, 0.25) is 0 Å². The molecule has 1 atom stereocenters. The molecule has 0 amide bonds. The Morgan fingerprint density at radius 1 is 0.857 bits per heavy atom. The number of hydrogen-bond donors (Lipinski definition) is 1. The van der Waals surface area contributed by atoms with Crippen molar-refractivity contribution in [1.29, 1.82) is 0 Å². The van der Waals surface area contributed by atoms with Gasteiger partial charge < -0.3 is 19.3 Å². The summed E-state index contributed by atoms with van der Waals surface area (Å²) >= 11 is 0. The number of unbranched alkanes of at least 4 members (excludes halogenated alkanes) is 1. The zero-order valence-electron chi connectivity index (χ0n) is 20.4. The Bertz CT molecular complexity index is 1010. The molecule has 5 nitrogen and oxygen atoms in total. The van der Waals surface area contributed by atoms with E-state index >= 15 is 0 Å². The first-order valence-corrected chi connectivity index (χ1v) is 12.0. The smallest absolute Gasteiger partial charge is 0.332 e.